The molecule has 0 saturated carbocycles. The van der Waals surface area contributed by atoms with E-state index in [9.17, 15) is 18.0 Å². The number of hydrogen-bond donors (Lipinski definition) is 1. The third kappa shape index (κ3) is 3.54. The molecule has 2 aromatic carbocycles. The molecule has 1 N–H and O–H groups in total. The van der Waals surface area contributed by atoms with Gasteiger partial charge in [0.25, 0.3) is 5.56 Å². The summed E-state index contributed by atoms with van der Waals surface area (Å²) >= 11 is 0. The Balaban J connectivity index is 1.73. The number of aromatic amines is 1. The molecule has 0 aliphatic carbocycles. The van der Waals surface area contributed by atoms with Gasteiger partial charge in [0, 0.05) is 29.7 Å². The molecule has 2 aromatic heterocycles. The minimum Gasteiger partial charge on any atom is -0.378 e. The summed E-state index contributed by atoms with van der Waals surface area (Å²) < 4.78 is 46.1. The number of morpholine rings is 1. The Labute approximate surface area is 174 Å². The predicted octanol–water partition coefficient (Wildman–Crippen LogP) is 3.94. The van der Waals surface area contributed by atoms with E-state index in [1.54, 1.807) is 12.1 Å². The maximum absolute atomic E-state index is 13.3. The van der Waals surface area contributed by atoms with Crippen molar-refractivity contribution in [2.45, 2.75) is 12.7 Å². The molecule has 160 valence electrons. The zero-order valence-electron chi connectivity index (χ0n) is 16.4. The van der Waals surface area contributed by atoms with Crippen LogP contribution >= 0.6 is 0 Å². The van der Waals surface area contributed by atoms with E-state index < -0.39 is 18.3 Å². The molecule has 31 heavy (non-hydrogen) atoms. The molecular weight excluding hydrogens is 409 g/mol. The summed E-state index contributed by atoms with van der Waals surface area (Å²) in [6.07, 6.45) is -3.26. The SMILES string of the molecule is O=c1c2cn[nH]c2c2ccc(-c3ccccc3N3CCOCC3)cc2n1CC(F)(F)F. The van der Waals surface area contributed by atoms with Crippen molar-refractivity contribution in [2.24, 2.45) is 0 Å². The number of anilines is 1. The molecule has 1 aliphatic heterocycles. The molecule has 0 radical (unpaired) electrons. The summed E-state index contributed by atoms with van der Waals surface area (Å²) in [5.74, 6) is 0. The van der Waals surface area contributed by atoms with Gasteiger partial charge in [0.05, 0.1) is 35.8 Å². The number of halogens is 3. The summed E-state index contributed by atoms with van der Waals surface area (Å²) in [7, 11) is 0. The van der Waals surface area contributed by atoms with Gasteiger partial charge < -0.3 is 9.64 Å². The molecular formula is C22H19F3N4O2. The number of pyridine rings is 1. The zero-order valence-corrected chi connectivity index (χ0v) is 16.4. The van der Waals surface area contributed by atoms with Crippen LogP contribution in [0.3, 0.4) is 0 Å². The third-order valence-corrected chi connectivity index (χ3v) is 5.58. The fourth-order valence-electron chi connectivity index (χ4n) is 4.18. The summed E-state index contributed by atoms with van der Waals surface area (Å²) in [6.45, 7) is 1.35. The van der Waals surface area contributed by atoms with Gasteiger partial charge in [-0.1, -0.05) is 30.3 Å². The Morgan fingerprint density at radius 2 is 1.84 bits per heavy atom. The number of nitrogens with one attached hydrogen (secondary N) is 1. The molecule has 4 aromatic rings. The van der Waals surface area contributed by atoms with Crippen LogP contribution in [0.15, 0.2) is 53.5 Å². The van der Waals surface area contributed by atoms with Crippen molar-refractivity contribution >= 4 is 27.5 Å². The van der Waals surface area contributed by atoms with Gasteiger partial charge in [-0.25, -0.2) is 0 Å². The highest BCUT2D eigenvalue weighted by molar-refractivity contribution is 6.04. The first-order valence-electron chi connectivity index (χ1n) is 9.91. The van der Waals surface area contributed by atoms with Crippen LogP contribution in [-0.4, -0.2) is 47.2 Å². The number of fused-ring (bicyclic) bond motifs is 3. The smallest absolute Gasteiger partial charge is 0.378 e. The molecule has 6 nitrogen and oxygen atoms in total. The third-order valence-electron chi connectivity index (χ3n) is 5.58. The van der Waals surface area contributed by atoms with Crippen LogP contribution in [0.4, 0.5) is 18.9 Å². The van der Waals surface area contributed by atoms with Crippen molar-refractivity contribution in [2.75, 3.05) is 31.2 Å². The Morgan fingerprint density at radius 1 is 1.06 bits per heavy atom. The van der Waals surface area contributed by atoms with Crippen LogP contribution in [0.25, 0.3) is 32.9 Å². The lowest BCUT2D eigenvalue weighted by atomic mass is 10.00. The lowest BCUT2D eigenvalue weighted by molar-refractivity contribution is -0.140. The van der Waals surface area contributed by atoms with Crippen LogP contribution in [0, 0.1) is 0 Å². The van der Waals surface area contributed by atoms with E-state index in [1.807, 2.05) is 30.3 Å². The summed E-state index contributed by atoms with van der Waals surface area (Å²) in [4.78, 5) is 15.0. The number of rotatable bonds is 3. The number of benzene rings is 2. The van der Waals surface area contributed by atoms with Crippen molar-refractivity contribution in [1.82, 2.24) is 14.8 Å². The van der Waals surface area contributed by atoms with Crippen LogP contribution < -0.4 is 10.5 Å². The summed E-state index contributed by atoms with van der Waals surface area (Å²) in [5, 5.41) is 7.27. The molecule has 3 heterocycles. The van der Waals surface area contributed by atoms with Crippen molar-refractivity contribution in [3.05, 3.63) is 59.0 Å². The fourth-order valence-corrected chi connectivity index (χ4v) is 4.18. The van der Waals surface area contributed by atoms with E-state index in [1.165, 1.54) is 6.20 Å². The highest BCUT2D eigenvalue weighted by Gasteiger charge is 2.30. The van der Waals surface area contributed by atoms with E-state index in [0.29, 0.717) is 24.1 Å². The topological polar surface area (TPSA) is 63.1 Å². The Kier molecular flexibility index (Phi) is 4.70. The highest BCUT2D eigenvalue weighted by atomic mass is 19.4. The van der Waals surface area contributed by atoms with E-state index in [0.717, 1.165) is 34.5 Å². The van der Waals surface area contributed by atoms with Crippen LogP contribution in [0.1, 0.15) is 0 Å². The van der Waals surface area contributed by atoms with Crippen LogP contribution in [0.5, 0.6) is 0 Å². The summed E-state index contributed by atoms with van der Waals surface area (Å²) in [6, 6.07) is 13.0. The molecule has 5 rings (SSSR count). The number of hydrogen-bond acceptors (Lipinski definition) is 4. The number of nitrogens with zero attached hydrogens (tertiary/aromatic N) is 3. The first-order valence-corrected chi connectivity index (χ1v) is 9.91. The Hall–Kier alpha value is -3.33. The number of H-pyrrole nitrogens is 1. The highest BCUT2D eigenvalue weighted by Crippen LogP contribution is 2.34. The maximum atomic E-state index is 13.3. The van der Waals surface area contributed by atoms with E-state index in [4.69, 9.17) is 4.74 Å². The van der Waals surface area contributed by atoms with Crippen LogP contribution in [0.2, 0.25) is 0 Å². The van der Waals surface area contributed by atoms with Gasteiger partial charge in [-0.2, -0.15) is 18.3 Å². The van der Waals surface area contributed by atoms with Gasteiger partial charge in [0.15, 0.2) is 0 Å². The molecule has 0 unspecified atom stereocenters. The quantitative estimate of drug-likeness (QED) is 0.537. The number of alkyl halides is 3. The first kappa shape index (κ1) is 19.6. The van der Waals surface area contributed by atoms with E-state index in [-0.39, 0.29) is 10.9 Å². The molecule has 0 atom stereocenters. The number of para-hydroxylation sites is 1. The Morgan fingerprint density at radius 3 is 2.61 bits per heavy atom. The lowest BCUT2D eigenvalue weighted by Crippen LogP contribution is -2.36. The first-order chi connectivity index (χ1) is 14.9. The minimum absolute atomic E-state index is 0.137. The fraction of sp³-hybridized carbons (Fsp3) is 0.273. The van der Waals surface area contributed by atoms with Gasteiger partial charge in [-0.05, 0) is 17.7 Å². The second kappa shape index (κ2) is 7.42. The molecule has 1 aliphatic rings. The zero-order chi connectivity index (χ0) is 21.6. The van der Waals surface area contributed by atoms with Crippen molar-refractivity contribution in [1.29, 1.82) is 0 Å². The standard InChI is InChI=1S/C22H19F3N4O2/c23-22(24,25)13-29-19-11-14(5-6-16(19)20-17(21(29)30)12-26-27-20)15-3-1-2-4-18(15)28-7-9-31-10-8-28/h1-6,11-12H,7-10,13H2,(H,26,27). The number of ether oxygens (including phenoxy) is 1. The largest absolute Gasteiger partial charge is 0.406 e. The predicted molar refractivity (Wildman–Crippen MR) is 112 cm³/mol. The monoisotopic (exact) mass is 428 g/mol. The van der Waals surface area contributed by atoms with Gasteiger partial charge in [-0.3, -0.25) is 14.5 Å². The van der Waals surface area contributed by atoms with Gasteiger partial charge in [0.1, 0.15) is 6.54 Å². The molecule has 1 fully saturated rings. The number of aromatic nitrogens is 3. The van der Waals surface area contributed by atoms with E-state index >= 15 is 0 Å². The van der Waals surface area contributed by atoms with Gasteiger partial charge in [-0.15, -0.1) is 0 Å². The maximum Gasteiger partial charge on any atom is 0.406 e. The average Bonchev–Trinajstić information content (AvgIpc) is 3.26. The Bertz CT molecular complexity index is 1320. The normalized spacial score (nSPS) is 15.1. The summed E-state index contributed by atoms with van der Waals surface area (Å²) in [5.41, 5.74) is 2.55. The van der Waals surface area contributed by atoms with Crippen molar-refractivity contribution in [3.8, 4) is 11.1 Å². The second-order valence-corrected chi connectivity index (χ2v) is 7.51. The van der Waals surface area contributed by atoms with Crippen LogP contribution in [-0.2, 0) is 11.3 Å². The lowest BCUT2D eigenvalue weighted by Gasteiger charge is -2.30. The van der Waals surface area contributed by atoms with Gasteiger partial charge in [0.2, 0.25) is 0 Å². The minimum atomic E-state index is -4.53. The van der Waals surface area contributed by atoms with Crippen molar-refractivity contribution in [3.63, 3.8) is 0 Å². The molecule has 1 saturated heterocycles. The van der Waals surface area contributed by atoms with E-state index in [2.05, 4.69) is 15.1 Å². The van der Waals surface area contributed by atoms with Crippen molar-refractivity contribution < 1.29 is 17.9 Å². The average molecular weight is 428 g/mol. The molecule has 0 spiro atoms. The van der Waals surface area contributed by atoms with Gasteiger partial charge >= 0.3 is 6.18 Å². The second-order valence-electron chi connectivity index (χ2n) is 7.51. The molecule has 9 heteroatoms. The molecule has 0 amide bonds. The molecule has 0 bridgehead atoms.